The first-order valence-corrected chi connectivity index (χ1v) is 12.0. The molecule has 0 saturated heterocycles. The number of nitrogens with one attached hydrogen (secondary N) is 1. The molecule has 4 rings (SSSR count). The Kier molecular flexibility index (Phi) is 5.30. The van der Waals surface area contributed by atoms with Crippen LogP contribution in [0.3, 0.4) is 0 Å². The number of aryl methyl sites for hydroxylation is 1. The van der Waals surface area contributed by atoms with Crippen LogP contribution in [0.1, 0.15) is 63.3 Å². The molecule has 144 valence electrons. The zero-order valence-corrected chi connectivity index (χ0v) is 18.5. The monoisotopic (exact) mass is 400 g/mol. The Morgan fingerprint density at radius 2 is 1.85 bits per heavy atom. The minimum atomic E-state index is 0.461. The fourth-order valence-corrected chi connectivity index (χ4v) is 5.43. The summed E-state index contributed by atoms with van der Waals surface area (Å²) < 4.78 is 1.16. The lowest BCUT2D eigenvalue weighted by Crippen LogP contribution is -2.07. The molecular formula is C21H28N4S2. The van der Waals surface area contributed by atoms with Gasteiger partial charge in [0.05, 0.1) is 10.2 Å². The first kappa shape index (κ1) is 18.9. The number of thioether (sulfide) groups is 1. The standard InChI is InChI=1S/C21H28N4S2/c1-11(2)9-10-22-19-18-17(24-21(25-19)26-5)15-13-7-6-8-14(13)16(12(3)4)23-20(15)27-18/h11-12H,6-10H2,1-5H3,(H,22,24,25). The van der Waals surface area contributed by atoms with Gasteiger partial charge in [0, 0.05) is 17.6 Å². The third-order valence-corrected chi connectivity index (χ3v) is 6.92. The SMILES string of the molecule is CSc1nc(NCCC(C)C)c2sc3nc(C(C)C)c4c(c3c2n1)CCC4. The third-order valence-electron chi connectivity index (χ3n) is 5.29. The van der Waals surface area contributed by atoms with E-state index in [-0.39, 0.29) is 0 Å². The fourth-order valence-electron chi connectivity index (χ4n) is 3.94. The lowest BCUT2D eigenvalue weighted by molar-refractivity contribution is 0.606. The Labute approximate surface area is 169 Å². The van der Waals surface area contributed by atoms with Gasteiger partial charge in [0.2, 0.25) is 0 Å². The number of thiophene rings is 1. The molecule has 1 N–H and O–H groups in total. The molecule has 27 heavy (non-hydrogen) atoms. The molecule has 0 radical (unpaired) electrons. The summed E-state index contributed by atoms with van der Waals surface area (Å²) in [5, 5.41) is 5.71. The van der Waals surface area contributed by atoms with Crippen molar-refractivity contribution in [3.63, 3.8) is 0 Å². The van der Waals surface area contributed by atoms with E-state index in [9.17, 15) is 0 Å². The predicted molar refractivity (Wildman–Crippen MR) is 119 cm³/mol. The maximum Gasteiger partial charge on any atom is 0.189 e. The highest BCUT2D eigenvalue weighted by molar-refractivity contribution is 7.98. The van der Waals surface area contributed by atoms with Crippen LogP contribution in [0.15, 0.2) is 5.16 Å². The maximum absolute atomic E-state index is 5.10. The van der Waals surface area contributed by atoms with Crippen LogP contribution in [0.4, 0.5) is 5.82 Å². The van der Waals surface area contributed by atoms with Crippen molar-refractivity contribution in [2.75, 3.05) is 18.1 Å². The molecule has 0 spiro atoms. The van der Waals surface area contributed by atoms with Crippen LogP contribution in [0, 0.1) is 5.92 Å². The molecule has 0 atom stereocenters. The number of anilines is 1. The predicted octanol–water partition coefficient (Wildman–Crippen LogP) is 6.03. The highest BCUT2D eigenvalue weighted by Gasteiger charge is 2.25. The van der Waals surface area contributed by atoms with Gasteiger partial charge in [-0.05, 0) is 54.9 Å². The van der Waals surface area contributed by atoms with E-state index in [4.69, 9.17) is 15.0 Å². The van der Waals surface area contributed by atoms with Crippen LogP contribution < -0.4 is 5.32 Å². The number of pyridine rings is 1. The number of nitrogens with zero attached hydrogens (tertiary/aromatic N) is 3. The van der Waals surface area contributed by atoms with Gasteiger partial charge in [-0.15, -0.1) is 11.3 Å². The van der Waals surface area contributed by atoms with Crippen LogP contribution in [-0.4, -0.2) is 27.8 Å². The first-order valence-electron chi connectivity index (χ1n) is 9.93. The summed E-state index contributed by atoms with van der Waals surface area (Å²) in [7, 11) is 0. The molecule has 4 nitrogen and oxygen atoms in total. The highest BCUT2D eigenvalue weighted by atomic mass is 32.2. The molecule has 0 aliphatic heterocycles. The topological polar surface area (TPSA) is 50.7 Å². The third kappa shape index (κ3) is 3.42. The van der Waals surface area contributed by atoms with Crippen LogP contribution in [0.5, 0.6) is 0 Å². The molecule has 1 aliphatic rings. The number of fused-ring (bicyclic) bond motifs is 5. The van der Waals surface area contributed by atoms with Crippen molar-refractivity contribution in [1.82, 2.24) is 15.0 Å². The van der Waals surface area contributed by atoms with E-state index in [0.29, 0.717) is 11.8 Å². The Hall–Kier alpha value is -1.40. The lowest BCUT2D eigenvalue weighted by atomic mass is 9.99. The Bertz CT molecular complexity index is 991. The minimum absolute atomic E-state index is 0.461. The first-order chi connectivity index (χ1) is 13.0. The van der Waals surface area contributed by atoms with Crippen molar-refractivity contribution in [2.24, 2.45) is 5.92 Å². The molecule has 0 unspecified atom stereocenters. The fraction of sp³-hybridized carbons (Fsp3) is 0.571. The zero-order valence-electron chi connectivity index (χ0n) is 16.8. The molecule has 0 amide bonds. The van der Waals surface area contributed by atoms with Crippen LogP contribution in [0.2, 0.25) is 0 Å². The molecule has 0 aromatic carbocycles. The van der Waals surface area contributed by atoms with E-state index in [1.807, 2.05) is 6.26 Å². The number of hydrogen-bond donors (Lipinski definition) is 1. The van der Waals surface area contributed by atoms with Gasteiger partial charge in [-0.1, -0.05) is 39.5 Å². The second-order valence-corrected chi connectivity index (χ2v) is 9.86. The van der Waals surface area contributed by atoms with E-state index in [0.717, 1.165) is 51.8 Å². The summed E-state index contributed by atoms with van der Waals surface area (Å²) in [5.74, 6) is 2.12. The van der Waals surface area contributed by atoms with Gasteiger partial charge in [-0.2, -0.15) is 0 Å². The van der Waals surface area contributed by atoms with Crippen molar-refractivity contribution in [3.05, 3.63) is 16.8 Å². The smallest absolute Gasteiger partial charge is 0.189 e. The minimum Gasteiger partial charge on any atom is -0.369 e. The summed E-state index contributed by atoms with van der Waals surface area (Å²) in [6.45, 7) is 9.96. The van der Waals surface area contributed by atoms with Gasteiger partial charge in [0.15, 0.2) is 5.16 Å². The van der Waals surface area contributed by atoms with Gasteiger partial charge in [0.1, 0.15) is 10.6 Å². The summed E-state index contributed by atoms with van der Waals surface area (Å²) in [4.78, 5) is 15.9. The Balaban J connectivity index is 1.93. The number of rotatable bonds is 6. The maximum atomic E-state index is 5.10. The average Bonchev–Trinajstić information content (AvgIpc) is 3.24. The molecular weight excluding hydrogens is 372 g/mol. The Morgan fingerprint density at radius 1 is 1.07 bits per heavy atom. The summed E-state index contributed by atoms with van der Waals surface area (Å²) >= 11 is 3.37. The van der Waals surface area contributed by atoms with E-state index in [1.165, 1.54) is 28.6 Å². The van der Waals surface area contributed by atoms with Gasteiger partial charge in [-0.25, -0.2) is 15.0 Å². The number of hydrogen-bond acceptors (Lipinski definition) is 6. The van der Waals surface area contributed by atoms with Gasteiger partial charge >= 0.3 is 0 Å². The summed E-state index contributed by atoms with van der Waals surface area (Å²) in [6, 6.07) is 0. The normalized spacial score (nSPS) is 14.0. The van der Waals surface area contributed by atoms with E-state index < -0.39 is 0 Å². The molecule has 3 aromatic heterocycles. The quantitative estimate of drug-likeness (QED) is 0.404. The van der Waals surface area contributed by atoms with Crippen molar-refractivity contribution in [1.29, 1.82) is 0 Å². The van der Waals surface area contributed by atoms with Gasteiger partial charge < -0.3 is 5.32 Å². The van der Waals surface area contributed by atoms with Crippen molar-refractivity contribution in [3.8, 4) is 0 Å². The molecule has 0 saturated carbocycles. The molecule has 3 heterocycles. The molecule has 6 heteroatoms. The summed E-state index contributed by atoms with van der Waals surface area (Å²) in [6.07, 6.45) is 6.72. The molecule has 3 aromatic rings. The summed E-state index contributed by atoms with van der Waals surface area (Å²) in [5.41, 5.74) is 5.36. The lowest BCUT2D eigenvalue weighted by Gasteiger charge is -2.12. The van der Waals surface area contributed by atoms with Crippen LogP contribution >= 0.6 is 23.1 Å². The van der Waals surface area contributed by atoms with Gasteiger partial charge in [0.25, 0.3) is 0 Å². The Morgan fingerprint density at radius 3 is 2.56 bits per heavy atom. The molecule has 0 fully saturated rings. The van der Waals surface area contributed by atoms with E-state index in [1.54, 1.807) is 23.1 Å². The largest absolute Gasteiger partial charge is 0.369 e. The van der Waals surface area contributed by atoms with Crippen molar-refractivity contribution in [2.45, 2.75) is 64.5 Å². The number of aromatic nitrogens is 3. The van der Waals surface area contributed by atoms with Gasteiger partial charge in [-0.3, -0.25) is 0 Å². The van der Waals surface area contributed by atoms with Crippen LogP contribution in [-0.2, 0) is 12.8 Å². The average molecular weight is 401 g/mol. The second kappa shape index (κ2) is 7.55. The zero-order chi connectivity index (χ0) is 19.1. The van der Waals surface area contributed by atoms with E-state index in [2.05, 4.69) is 33.0 Å². The van der Waals surface area contributed by atoms with Crippen molar-refractivity contribution >= 4 is 49.3 Å². The van der Waals surface area contributed by atoms with Crippen LogP contribution in [0.25, 0.3) is 20.4 Å². The highest BCUT2D eigenvalue weighted by Crippen LogP contribution is 2.43. The molecule has 0 bridgehead atoms. The van der Waals surface area contributed by atoms with Crippen molar-refractivity contribution < 1.29 is 0 Å². The van der Waals surface area contributed by atoms with E-state index >= 15 is 0 Å². The second-order valence-electron chi connectivity index (χ2n) is 8.09. The molecule has 1 aliphatic carbocycles.